The molecule has 0 radical (unpaired) electrons. The van der Waals surface area contributed by atoms with Gasteiger partial charge < -0.3 is 14.6 Å². The first-order valence-electron chi connectivity index (χ1n) is 7.49. The van der Waals surface area contributed by atoms with E-state index in [1.807, 2.05) is 0 Å². The number of nitrogens with one attached hydrogen (secondary N) is 1. The van der Waals surface area contributed by atoms with Crippen LogP contribution in [-0.2, 0) is 10.2 Å². The summed E-state index contributed by atoms with van der Waals surface area (Å²) in [6.07, 6.45) is 4.49. The van der Waals surface area contributed by atoms with Crippen molar-refractivity contribution >= 4 is 0 Å². The molecule has 0 bridgehead atoms. The number of piperazine rings is 1. The maximum absolute atomic E-state index is 5.60. The van der Waals surface area contributed by atoms with Gasteiger partial charge in [0.05, 0.1) is 11.5 Å². The average Bonchev–Trinajstić information content (AvgIpc) is 2.88. The maximum atomic E-state index is 5.60. The van der Waals surface area contributed by atoms with Crippen molar-refractivity contribution in [2.24, 2.45) is 0 Å². The molecule has 2 heterocycles. The molecule has 1 atom stereocenters. The van der Waals surface area contributed by atoms with Gasteiger partial charge in [-0.15, -0.1) is 0 Å². The summed E-state index contributed by atoms with van der Waals surface area (Å²) >= 11 is 0. The van der Waals surface area contributed by atoms with Crippen molar-refractivity contribution in [3.8, 4) is 0 Å². The highest BCUT2D eigenvalue weighted by Crippen LogP contribution is 2.45. The van der Waals surface area contributed by atoms with Gasteiger partial charge in [-0.25, -0.2) is 0 Å². The Balaban J connectivity index is 1.75. The van der Waals surface area contributed by atoms with Crippen LogP contribution in [0.25, 0.3) is 0 Å². The fraction of sp³-hybridized carbons (Fsp3) is 0.857. The second-order valence-corrected chi connectivity index (χ2v) is 6.03. The minimum absolute atomic E-state index is 0.0714. The molecule has 1 N–H and O–H groups in total. The number of likely N-dealkylation sites (N-methyl/N-ethyl adjacent to an activating group) is 1. The van der Waals surface area contributed by atoms with Crippen molar-refractivity contribution in [2.45, 2.75) is 37.1 Å². The zero-order valence-electron chi connectivity index (χ0n) is 12.4. The molecule has 112 valence electrons. The average molecular weight is 280 g/mol. The molecule has 1 aromatic heterocycles. The third kappa shape index (κ3) is 2.47. The Morgan fingerprint density at radius 3 is 3.00 bits per heavy atom. The van der Waals surface area contributed by atoms with Gasteiger partial charge in [0.1, 0.15) is 0 Å². The molecule has 1 aliphatic carbocycles. The third-order valence-corrected chi connectivity index (χ3v) is 4.80. The van der Waals surface area contributed by atoms with Crippen LogP contribution in [0.1, 0.15) is 43.4 Å². The van der Waals surface area contributed by atoms with Crippen molar-refractivity contribution in [3.05, 3.63) is 11.7 Å². The lowest BCUT2D eigenvalue weighted by molar-refractivity contribution is 0.104. The maximum Gasteiger partial charge on any atom is 0.233 e. The fourth-order valence-electron chi connectivity index (χ4n) is 3.15. The smallest absolute Gasteiger partial charge is 0.233 e. The molecule has 2 fully saturated rings. The molecule has 1 aromatic rings. The molecular weight excluding hydrogens is 256 g/mol. The van der Waals surface area contributed by atoms with Crippen LogP contribution in [0.4, 0.5) is 0 Å². The summed E-state index contributed by atoms with van der Waals surface area (Å²) in [5.74, 6) is 1.63. The molecule has 0 aromatic carbocycles. The zero-order chi connectivity index (χ0) is 14.0. The van der Waals surface area contributed by atoms with Crippen LogP contribution in [0.2, 0.25) is 0 Å². The van der Waals surface area contributed by atoms with E-state index in [2.05, 4.69) is 22.4 Å². The lowest BCUT2D eigenvalue weighted by atomic mass is 9.66. The standard InChI is InChI=1S/C14H24N4O2/c1-18-8-7-15-10-11(18)12-16-13(20-17-12)14(4-3-5-14)6-9-19-2/h11,15H,3-10H2,1-2H3. The van der Waals surface area contributed by atoms with Gasteiger partial charge in [0.25, 0.3) is 0 Å². The Bertz CT molecular complexity index is 444. The predicted octanol–water partition coefficient (Wildman–Crippen LogP) is 1.10. The van der Waals surface area contributed by atoms with Gasteiger partial charge in [0.2, 0.25) is 5.89 Å². The third-order valence-electron chi connectivity index (χ3n) is 4.80. The molecule has 0 amide bonds. The molecule has 3 rings (SSSR count). The minimum Gasteiger partial charge on any atom is -0.385 e. The second-order valence-electron chi connectivity index (χ2n) is 6.03. The van der Waals surface area contributed by atoms with Gasteiger partial charge >= 0.3 is 0 Å². The monoisotopic (exact) mass is 280 g/mol. The largest absolute Gasteiger partial charge is 0.385 e. The Morgan fingerprint density at radius 2 is 2.35 bits per heavy atom. The Labute approximate surface area is 119 Å². The van der Waals surface area contributed by atoms with E-state index in [0.717, 1.165) is 57.2 Å². The molecule has 2 aliphatic rings. The quantitative estimate of drug-likeness (QED) is 0.871. The molecule has 1 saturated carbocycles. The lowest BCUT2D eigenvalue weighted by Crippen LogP contribution is -2.44. The highest BCUT2D eigenvalue weighted by Gasteiger charge is 2.43. The van der Waals surface area contributed by atoms with Crippen molar-refractivity contribution in [1.29, 1.82) is 0 Å². The molecule has 1 saturated heterocycles. The van der Waals surface area contributed by atoms with Gasteiger partial charge in [-0.05, 0) is 26.3 Å². The first kappa shape index (κ1) is 14.0. The molecule has 20 heavy (non-hydrogen) atoms. The van der Waals surface area contributed by atoms with E-state index in [9.17, 15) is 0 Å². The normalized spacial score (nSPS) is 26.4. The van der Waals surface area contributed by atoms with Crippen molar-refractivity contribution < 1.29 is 9.26 Å². The number of hydrogen-bond donors (Lipinski definition) is 1. The van der Waals surface area contributed by atoms with Crippen LogP contribution >= 0.6 is 0 Å². The van der Waals surface area contributed by atoms with Crippen molar-refractivity contribution in [1.82, 2.24) is 20.4 Å². The summed E-state index contributed by atoms with van der Waals surface area (Å²) in [7, 11) is 3.86. The van der Waals surface area contributed by atoms with Crippen LogP contribution < -0.4 is 5.32 Å². The SMILES string of the molecule is COCCC1(c2nc(C3CNCCN3C)no2)CCC1. The van der Waals surface area contributed by atoms with Crippen LogP contribution in [0, 0.1) is 0 Å². The summed E-state index contributed by atoms with van der Waals surface area (Å²) in [5, 5.41) is 7.63. The zero-order valence-corrected chi connectivity index (χ0v) is 12.4. The highest BCUT2D eigenvalue weighted by atomic mass is 16.5. The van der Waals surface area contributed by atoms with E-state index in [-0.39, 0.29) is 11.5 Å². The highest BCUT2D eigenvalue weighted by molar-refractivity contribution is 5.12. The Hall–Kier alpha value is -0.980. The number of rotatable bonds is 5. The van der Waals surface area contributed by atoms with E-state index in [1.165, 1.54) is 6.42 Å². The number of methoxy groups -OCH3 is 1. The summed E-state index contributed by atoms with van der Waals surface area (Å²) < 4.78 is 10.8. The van der Waals surface area contributed by atoms with E-state index < -0.39 is 0 Å². The van der Waals surface area contributed by atoms with E-state index in [0.29, 0.717) is 0 Å². The number of hydrogen-bond acceptors (Lipinski definition) is 6. The van der Waals surface area contributed by atoms with Gasteiger partial charge in [-0.2, -0.15) is 4.98 Å². The van der Waals surface area contributed by atoms with Gasteiger partial charge in [-0.1, -0.05) is 11.6 Å². The topological polar surface area (TPSA) is 63.4 Å². The van der Waals surface area contributed by atoms with Gasteiger partial charge in [0, 0.05) is 33.4 Å². The van der Waals surface area contributed by atoms with Crippen LogP contribution in [-0.4, -0.2) is 55.4 Å². The van der Waals surface area contributed by atoms with Crippen LogP contribution in [0.3, 0.4) is 0 Å². The van der Waals surface area contributed by atoms with E-state index in [1.54, 1.807) is 7.11 Å². The first-order valence-corrected chi connectivity index (χ1v) is 7.49. The lowest BCUT2D eigenvalue weighted by Gasteiger charge is -2.38. The Morgan fingerprint density at radius 1 is 1.50 bits per heavy atom. The van der Waals surface area contributed by atoms with Gasteiger partial charge in [-0.3, -0.25) is 4.90 Å². The number of nitrogens with zero attached hydrogens (tertiary/aromatic N) is 3. The predicted molar refractivity (Wildman–Crippen MR) is 74.6 cm³/mol. The summed E-state index contributed by atoms with van der Waals surface area (Å²) in [4.78, 5) is 7.00. The minimum atomic E-state index is 0.0714. The van der Waals surface area contributed by atoms with Crippen LogP contribution in [0.15, 0.2) is 4.52 Å². The van der Waals surface area contributed by atoms with Gasteiger partial charge in [0.15, 0.2) is 5.82 Å². The summed E-state index contributed by atoms with van der Waals surface area (Å²) in [5.41, 5.74) is 0.0714. The second kappa shape index (κ2) is 5.79. The summed E-state index contributed by atoms with van der Waals surface area (Å²) in [6.45, 7) is 3.68. The van der Waals surface area contributed by atoms with Crippen molar-refractivity contribution in [3.63, 3.8) is 0 Å². The van der Waals surface area contributed by atoms with E-state index >= 15 is 0 Å². The molecule has 1 aliphatic heterocycles. The van der Waals surface area contributed by atoms with E-state index in [4.69, 9.17) is 14.2 Å². The molecule has 6 heteroatoms. The summed E-state index contributed by atoms with van der Waals surface area (Å²) in [6, 6.07) is 0.223. The first-order chi connectivity index (χ1) is 9.75. The number of aromatic nitrogens is 2. The van der Waals surface area contributed by atoms with Crippen molar-refractivity contribution in [2.75, 3.05) is 40.4 Å². The van der Waals surface area contributed by atoms with Crippen LogP contribution in [0.5, 0.6) is 0 Å². The molecule has 6 nitrogen and oxygen atoms in total. The Kier molecular flexibility index (Phi) is 4.05. The number of ether oxygens (including phenoxy) is 1. The molecule has 0 spiro atoms. The molecular formula is C14H24N4O2. The fourth-order valence-corrected chi connectivity index (χ4v) is 3.15. The molecule has 1 unspecified atom stereocenters.